The minimum absolute atomic E-state index is 0.204. The Kier molecular flexibility index (Phi) is 4.03. The number of ether oxygens (including phenoxy) is 1. The largest absolute Gasteiger partial charge is 0.480 e. The van der Waals surface area contributed by atoms with Crippen LogP contribution in [0.3, 0.4) is 0 Å². The second-order valence-electron chi connectivity index (χ2n) is 5.02. The molecule has 1 N–H and O–H groups in total. The van der Waals surface area contributed by atoms with E-state index in [0.717, 1.165) is 4.90 Å². The smallest absolute Gasteiger partial charge is 0.411 e. The first-order valence-electron chi connectivity index (χ1n) is 5.53. The van der Waals surface area contributed by atoms with Crippen LogP contribution in [0.4, 0.5) is 4.79 Å². The lowest BCUT2D eigenvalue weighted by Crippen LogP contribution is -2.46. The average Bonchev–Trinajstić information content (AvgIpc) is 2.59. The monoisotopic (exact) mass is 256 g/mol. The Morgan fingerprint density at radius 3 is 2.56 bits per heavy atom. The van der Waals surface area contributed by atoms with Crippen molar-refractivity contribution in [1.29, 1.82) is 0 Å². The van der Waals surface area contributed by atoms with E-state index in [-0.39, 0.29) is 6.54 Å². The van der Waals surface area contributed by atoms with E-state index >= 15 is 0 Å². The molecule has 2 atom stereocenters. The summed E-state index contributed by atoms with van der Waals surface area (Å²) in [5.74, 6) is -1.20. The van der Waals surface area contributed by atoms with E-state index in [1.807, 2.05) is 0 Å². The van der Waals surface area contributed by atoms with Crippen LogP contribution < -0.4 is 0 Å². The van der Waals surface area contributed by atoms with Crippen molar-refractivity contribution in [2.45, 2.75) is 44.9 Å². The van der Waals surface area contributed by atoms with Gasteiger partial charge in [-0.3, -0.25) is 4.90 Å². The number of likely N-dealkylation sites (tertiary alicyclic amines) is 1. The van der Waals surface area contributed by atoms with Crippen LogP contribution in [-0.2, 0) is 9.53 Å². The summed E-state index contributed by atoms with van der Waals surface area (Å²) in [6, 6.07) is -1.91. The molecule has 0 aromatic carbocycles. The van der Waals surface area contributed by atoms with Gasteiger partial charge >= 0.3 is 12.1 Å². The molecular weight excluding hydrogens is 240 g/mol. The first-order valence-corrected chi connectivity index (χ1v) is 5.53. The van der Waals surface area contributed by atoms with Gasteiger partial charge in [-0.2, -0.15) is 0 Å². The summed E-state index contributed by atoms with van der Waals surface area (Å²) >= 11 is 0. The summed E-state index contributed by atoms with van der Waals surface area (Å²) in [6.45, 7) is 5.29. The summed E-state index contributed by atoms with van der Waals surface area (Å²) in [7, 11) is 0. The van der Waals surface area contributed by atoms with Gasteiger partial charge in [-0.05, 0) is 32.7 Å². The molecule has 0 radical (unpaired) electrons. The summed E-state index contributed by atoms with van der Waals surface area (Å²) in [6.07, 6.45) is -0.383. The van der Waals surface area contributed by atoms with Gasteiger partial charge in [0.05, 0.1) is 6.04 Å². The van der Waals surface area contributed by atoms with E-state index in [1.165, 1.54) is 0 Å². The molecule has 1 rings (SSSR count). The zero-order valence-corrected chi connectivity index (χ0v) is 10.5. The highest BCUT2D eigenvalue weighted by molar-refractivity contribution is 5.81. The molecule has 1 amide bonds. The summed E-state index contributed by atoms with van der Waals surface area (Å²) < 4.78 is 5.12. The topological polar surface area (TPSA) is 116 Å². The summed E-state index contributed by atoms with van der Waals surface area (Å²) in [5, 5.41) is 12.5. The van der Waals surface area contributed by atoms with Gasteiger partial charge in [0.25, 0.3) is 0 Å². The number of amides is 1. The van der Waals surface area contributed by atoms with E-state index in [4.69, 9.17) is 15.4 Å². The molecule has 1 aliphatic rings. The summed E-state index contributed by atoms with van der Waals surface area (Å²) in [5.41, 5.74) is 7.67. The SMILES string of the molecule is CC(C)(C)OC(=O)N1CC[C@H](N=[N+]=[N-])[C@@H]1C(=O)O. The maximum absolute atomic E-state index is 11.8. The molecule has 1 heterocycles. The first-order chi connectivity index (χ1) is 8.26. The normalized spacial score (nSPS) is 23.4. The Balaban J connectivity index is 2.86. The molecule has 100 valence electrons. The molecule has 0 aromatic rings. The van der Waals surface area contributed by atoms with E-state index < -0.39 is 29.7 Å². The van der Waals surface area contributed by atoms with Gasteiger partial charge in [-0.15, -0.1) is 0 Å². The maximum Gasteiger partial charge on any atom is 0.411 e. The van der Waals surface area contributed by atoms with Crippen molar-refractivity contribution in [3.8, 4) is 0 Å². The molecule has 0 aliphatic carbocycles. The predicted octanol–water partition coefficient (Wildman–Crippen LogP) is 1.76. The Morgan fingerprint density at radius 1 is 1.50 bits per heavy atom. The number of azide groups is 1. The molecule has 18 heavy (non-hydrogen) atoms. The fraction of sp³-hybridized carbons (Fsp3) is 0.800. The van der Waals surface area contributed by atoms with Crippen LogP contribution in [0.15, 0.2) is 5.11 Å². The highest BCUT2D eigenvalue weighted by atomic mass is 16.6. The minimum atomic E-state index is -1.20. The van der Waals surface area contributed by atoms with Crippen LogP contribution in [0, 0.1) is 0 Å². The van der Waals surface area contributed by atoms with Crippen molar-refractivity contribution in [1.82, 2.24) is 4.90 Å². The number of carboxylic acids is 1. The van der Waals surface area contributed by atoms with Crippen LogP contribution in [0.5, 0.6) is 0 Å². The number of carbonyl (C=O) groups excluding carboxylic acids is 1. The fourth-order valence-electron chi connectivity index (χ4n) is 1.79. The number of rotatable bonds is 2. The van der Waals surface area contributed by atoms with Gasteiger partial charge in [0.2, 0.25) is 0 Å². The van der Waals surface area contributed by atoms with Crippen molar-refractivity contribution in [3.05, 3.63) is 10.4 Å². The van der Waals surface area contributed by atoms with Crippen molar-refractivity contribution in [2.75, 3.05) is 6.54 Å². The molecule has 0 saturated carbocycles. The molecule has 8 nitrogen and oxygen atoms in total. The number of hydrogen-bond acceptors (Lipinski definition) is 4. The van der Waals surface area contributed by atoms with Gasteiger partial charge in [-0.1, -0.05) is 5.11 Å². The average molecular weight is 256 g/mol. The highest BCUT2D eigenvalue weighted by Gasteiger charge is 2.43. The number of carboxylic acid groups (broad SMARTS) is 1. The Morgan fingerprint density at radius 2 is 2.11 bits per heavy atom. The van der Waals surface area contributed by atoms with E-state index in [2.05, 4.69) is 10.0 Å². The van der Waals surface area contributed by atoms with Crippen molar-refractivity contribution in [2.24, 2.45) is 5.11 Å². The molecule has 1 fully saturated rings. The third kappa shape index (κ3) is 3.27. The Bertz CT molecular complexity index is 397. The minimum Gasteiger partial charge on any atom is -0.480 e. The predicted molar refractivity (Wildman–Crippen MR) is 61.9 cm³/mol. The van der Waals surface area contributed by atoms with Gasteiger partial charge < -0.3 is 9.84 Å². The second-order valence-corrected chi connectivity index (χ2v) is 5.02. The molecule has 0 aromatic heterocycles. The molecule has 0 spiro atoms. The molecule has 8 heteroatoms. The van der Waals surface area contributed by atoms with Crippen molar-refractivity contribution >= 4 is 12.1 Å². The first kappa shape index (κ1) is 14.1. The lowest BCUT2D eigenvalue weighted by molar-refractivity contribution is -0.142. The lowest BCUT2D eigenvalue weighted by atomic mass is 10.1. The van der Waals surface area contributed by atoms with Crippen LogP contribution in [0.25, 0.3) is 10.4 Å². The van der Waals surface area contributed by atoms with Crippen LogP contribution in [0.2, 0.25) is 0 Å². The third-order valence-corrected chi connectivity index (χ3v) is 2.45. The van der Waals surface area contributed by atoms with E-state index in [0.29, 0.717) is 6.42 Å². The lowest BCUT2D eigenvalue weighted by Gasteiger charge is -2.27. The molecule has 1 aliphatic heterocycles. The Hall–Kier alpha value is -1.95. The second kappa shape index (κ2) is 5.14. The van der Waals surface area contributed by atoms with Crippen molar-refractivity contribution < 1.29 is 19.4 Å². The van der Waals surface area contributed by atoms with Gasteiger partial charge in [0.15, 0.2) is 0 Å². The maximum atomic E-state index is 11.8. The highest BCUT2D eigenvalue weighted by Crippen LogP contribution is 2.24. The standard InChI is InChI=1S/C10H16N4O4/c1-10(2,3)18-9(17)14-5-4-6(12-13-11)7(14)8(15)16/h6-7H,4-5H2,1-3H3,(H,15,16)/t6-,7+/m0/s1. The summed E-state index contributed by atoms with van der Waals surface area (Å²) in [4.78, 5) is 26.7. The quantitative estimate of drug-likeness (QED) is 0.460. The zero-order chi connectivity index (χ0) is 13.9. The molecule has 1 saturated heterocycles. The van der Waals surface area contributed by atoms with Crippen molar-refractivity contribution in [3.63, 3.8) is 0 Å². The zero-order valence-electron chi connectivity index (χ0n) is 10.5. The van der Waals surface area contributed by atoms with Gasteiger partial charge in [-0.25, -0.2) is 9.59 Å². The van der Waals surface area contributed by atoms with Crippen LogP contribution >= 0.6 is 0 Å². The van der Waals surface area contributed by atoms with Crippen LogP contribution in [0.1, 0.15) is 27.2 Å². The number of nitrogens with zero attached hydrogens (tertiary/aromatic N) is 4. The molecular formula is C10H16N4O4. The van der Waals surface area contributed by atoms with Gasteiger partial charge in [0.1, 0.15) is 11.6 Å². The Labute approximate surface area is 104 Å². The molecule has 0 unspecified atom stereocenters. The number of carbonyl (C=O) groups is 2. The third-order valence-electron chi connectivity index (χ3n) is 2.45. The number of hydrogen-bond donors (Lipinski definition) is 1. The van der Waals surface area contributed by atoms with Crippen LogP contribution in [-0.4, -0.2) is 46.3 Å². The van der Waals surface area contributed by atoms with E-state index in [1.54, 1.807) is 20.8 Å². The van der Waals surface area contributed by atoms with E-state index in [9.17, 15) is 9.59 Å². The fourth-order valence-corrected chi connectivity index (χ4v) is 1.79. The number of aliphatic carboxylic acids is 1. The molecule has 0 bridgehead atoms. The van der Waals surface area contributed by atoms with Gasteiger partial charge in [0, 0.05) is 11.5 Å².